The first-order chi connectivity index (χ1) is 10.5. The van der Waals surface area contributed by atoms with E-state index in [9.17, 15) is 9.59 Å². The molecule has 0 bridgehead atoms. The van der Waals surface area contributed by atoms with E-state index in [-0.39, 0.29) is 24.8 Å². The third-order valence-corrected chi connectivity index (χ3v) is 4.06. The molecule has 1 atom stereocenters. The van der Waals surface area contributed by atoms with Crippen molar-refractivity contribution in [3.05, 3.63) is 23.8 Å². The minimum Gasteiger partial charge on any atom is -0.382 e. The van der Waals surface area contributed by atoms with Crippen LogP contribution in [-0.4, -0.2) is 52.5 Å². The van der Waals surface area contributed by atoms with Crippen LogP contribution in [0.1, 0.15) is 42.4 Å². The molecule has 22 heavy (non-hydrogen) atoms. The highest BCUT2D eigenvalue weighted by molar-refractivity contribution is 5.92. The van der Waals surface area contributed by atoms with Crippen molar-refractivity contribution in [2.24, 2.45) is 5.73 Å². The molecule has 0 spiro atoms. The average molecular weight is 306 g/mol. The molecule has 0 aromatic carbocycles. The van der Waals surface area contributed by atoms with Gasteiger partial charge in [0.1, 0.15) is 0 Å². The Kier molecular flexibility index (Phi) is 5.07. The fourth-order valence-corrected chi connectivity index (χ4v) is 3.00. The summed E-state index contributed by atoms with van der Waals surface area (Å²) in [7, 11) is 1.55. The molecule has 2 N–H and O–H groups in total. The second kappa shape index (κ2) is 6.83. The van der Waals surface area contributed by atoms with Crippen LogP contribution < -0.4 is 5.73 Å². The summed E-state index contributed by atoms with van der Waals surface area (Å²) in [6.45, 7) is 2.82. The van der Waals surface area contributed by atoms with E-state index in [2.05, 4.69) is 9.97 Å². The monoisotopic (exact) mass is 306 g/mol. The van der Waals surface area contributed by atoms with E-state index in [0.717, 1.165) is 18.4 Å². The number of ether oxygens (including phenoxy) is 1. The minimum atomic E-state index is -0.690. The number of amides is 2. The Morgan fingerprint density at radius 1 is 1.41 bits per heavy atom. The van der Waals surface area contributed by atoms with Gasteiger partial charge in [0.15, 0.2) is 0 Å². The number of aryl methyl sites for hydroxylation is 1. The van der Waals surface area contributed by atoms with Crippen LogP contribution in [0.15, 0.2) is 12.4 Å². The Morgan fingerprint density at radius 3 is 2.64 bits per heavy atom. The van der Waals surface area contributed by atoms with Gasteiger partial charge < -0.3 is 15.4 Å². The summed E-state index contributed by atoms with van der Waals surface area (Å²) in [5.74, 6) is -0.582. The van der Waals surface area contributed by atoms with E-state index in [1.165, 1.54) is 0 Å². The van der Waals surface area contributed by atoms with Crippen molar-refractivity contribution in [2.75, 3.05) is 20.3 Å². The van der Waals surface area contributed by atoms with Gasteiger partial charge in [-0.3, -0.25) is 9.59 Å². The van der Waals surface area contributed by atoms with Gasteiger partial charge in [-0.05, 0) is 24.8 Å². The molecule has 7 nitrogen and oxygen atoms in total. The predicted octanol–water partition coefficient (Wildman–Crippen LogP) is 0.536. The lowest BCUT2D eigenvalue weighted by molar-refractivity contribution is -0.121. The van der Waals surface area contributed by atoms with Crippen LogP contribution in [0, 0.1) is 0 Å². The second-order valence-corrected chi connectivity index (χ2v) is 5.63. The number of rotatable bonds is 6. The molecule has 0 unspecified atom stereocenters. The third-order valence-electron chi connectivity index (χ3n) is 4.06. The molecular formula is C15H22N4O3. The van der Waals surface area contributed by atoms with Crippen molar-refractivity contribution in [3.8, 4) is 0 Å². The van der Waals surface area contributed by atoms with Gasteiger partial charge in [0, 0.05) is 26.0 Å². The van der Waals surface area contributed by atoms with Crippen LogP contribution in [-0.2, 0) is 16.0 Å². The zero-order valence-electron chi connectivity index (χ0n) is 13.0. The fraction of sp³-hybridized carbons (Fsp3) is 0.600. The summed E-state index contributed by atoms with van der Waals surface area (Å²) < 4.78 is 5.24. The van der Waals surface area contributed by atoms with Gasteiger partial charge in [-0.15, -0.1) is 0 Å². The maximum atomic E-state index is 12.7. The summed E-state index contributed by atoms with van der Waals surface area (Å²) in [4.78, 5) is 34.1. The minimum absolute atomic E-state index is 0.0830. The van der Waals surface area contributed by atoms with E-state index in [4.69, 9.17) is 10.5 Å². The van der Waals surface area contributed by atoms with E-state index in [1.807, 2.05) is 6.92 Å². The molecule has 2 amide bonds. The van der Waals surface area contributed by atoms with Crippen LogP contribution in [0.5, 0.6) is 0 Å². The van der Waals surface area contributed by atoms with Gasteiger partial charge in [-0.25, -0.2) is 9.97 Å². The third kappa shape index (κ3) is 3.24. The molecule has 7 heteroatoms. The lowest BCUT2D eigenvalue weighted by Gasteiger charge is -2.36. The summed E-state index contributed by atoms with van der Waals surface area (Å²) >= 11 is 0. The Labute approximate surface area is 129 Å². The van der Waals surface area contributed by atoms with Crippen molar-refractivity contribution in [3.63, 3.8) is 0 Å². The fourth-order valence-electron chi connectivity index (χ4n) is 3.00. The second-order valence-electron chi connectivity index (χ2n) is 5.63. The topological polar surface area (TPSA) is 98.4 Å². The molecule has 2 rings (SSSR count). The van der Waals surface area contributed by atoms with Crippen molar-refractivity contribution < 1.29 is 14.3 Å². The normalized spacial score (nSPS) is 21.1. The van der Waals surface area contributed by atoms with Gasteiger partial charge in [0.25, 0.3) is 5.91 Å². The van der Waals surface area contributed by atoms with E-state index >= 15 is 0 Å². The molecule has 0 saturated carbocycles. The molecular weight excluding hydrogens is 284 g/mol. The first-order valence-corrected chi connectivity index (χ1v) is 7.42. The first-order valence-electron chi connectivity index (χ1n) is 7.42. The molecule has 0 aliphatic carbocycles. The Morgan fingerprint density at radius 2 is 2.09 bits per heavy atom. The molecule has 2 heterocycles. The number of likely N-dealkylation sites (tertiary alicyclic amines) is 1. The number of carbonyl (C=O) groups excluding carboxylic acids is 2. The molecule has 1 aliphatic heterocycles. The number of aromatic nitrogens is 2. The van der Waals surface area contributed by atoms with Crippen LogP contribution in [0.25, 0.3) is 0 Å². The lowest BCUT2D eigenvalue weighted by atomic mass is 9.92. The number of carbonyl (C=O) groups is 2. The first kappa shape index (κ1) is 16.4. The van der Waals surface area contributed by atoms with E-state index in [1.54, 1.807) is 24.4 Å². The van der Waals surface area contributed by atoms with Crippen LogP contribution >= 0.6 is 0 Å². The number of hydrogen-bond acceptors (Lipinski definition) is 5. The highest BCUT2D eigenvalue weighted by atomic mass is 16.5. The highest BCUT2D eigenvalue weighted by Crippen LogP contribution is 2.33. The van der Waals surface area contributed by atoms with Crippen molar-refractivity contribution in [2.45, 2.75) is 38.1 Å². The molecule has 1 aromatic rings. The van der Waals surface area contributed by atoms with Gasteiger partial charge in [-0.2, -0.15) is 0 Å². The number of hydrogen-bond donors (Lipinski definition) is 1. The Hall–Kier alpha value is -2.02. The van der Waals surface area contributed by atoms with Crippen molar-refractivity contribution in [1.29, 1.82) is 0 Å². The largest absolute Gasteiger partial charge is 0.382 e. The quantitative estimate of drug-likeness (QED) is 0.827. The van der Waals surface area contributed by atoms with Crippen molar-refractivity contribution in [1.82, 2.24) is 14.9 Å². The Balaban J connectivity index is 2.26. The molecule has 1 fully saturated rings. The number of methoxy groups -OCH3 is 1. The van der Waals surface area contributed by atoms with Crippen molar-refractivity contribution >= 4 is 11.8 Å². The van der Waals surface area contributed by atoms with Gasteiger partial charge >= 0.3 is 0 Å². The highest BCUT2D eigenvalue weighted by Gasteiger charge is 2.45. The molecule has 120 valence electrons. The number of nitrogens with zero attached hydrogens (tertiary/aromatic N) is 3. The van der Waals surface area contributed by atoms with Gasteiger partial charge in [0.05, 0.1) is 18.6 Å². The van der Waals surface area contributed by atoms with Gasteiger partial charge in [0.2, 0.25) is 11.7 Å². The van der Waals surface area contributed by atoms with E-state index in [0.29, 0.717) is 13.0 Å². The zero-order valence-corrected chi connectivity index (χ0v) is 13.0. The lowest BCUT2D eigenvalue weighted by Crippen LogP contribution is -2.52. The summed E-state index contributed by atoms with van der Waals surface area (Å²) in [5, 5.41) is 0. The van der Waals surface area contributed by atoms with E-state index < -0.39 is 11.4 Å². The predicted molar refractivity (Wildman–Crippen MR) is 80.1 cm³/mol. The van der Waals surface area contributed by atoms with Crippen LogP contribution in [0.2, 0.25) is 0 Å². The summed E-state index contributed by atoms with van der Waals surface area (Å²) in [5.41, 5.74) is 5.64. The van der Waals surface area contributed by atoms with Gasteiger partial charge in [-0.1, -0.05) is 6.92 Å². The van der Waals surface area contributed by atoms with Crippen LogP contribution in [0.3, 0.4) is 0 Å². The Bertz CT molecular complexity index is 546. The maximum absolute atomic E-state index is 12.7. The molecule has 0 radical (unpaired) electrons. The standard InChI is InChI=1S/C15H22N4O3/c1-3-11-8-17-13(18-9-11)14(21)19-6-4-5-15(19,10-22-2)7-12(16)20/h8-9H,3-7,10H2,1-2H3,(H2,16,20)/t15-/m0/s1. The van der Waals surface area contributed by atoms with Crippen LogP contribution in [0.4, 0.5) is 0 Å². The zero-order chi connectivity index (χ0) is 16.2. The molecule has 1 aromatic heterocycles. The number of nitrogens with two attached hydrogens (primary N) is 1. The summed E-state index contributed by atoms with van der Waals surface area (Å²) in [6.07, 6.45) is 5.69. The SMILES string of the molecule is CCc1cnc(C(=O)N2CCC[C@@]2(COC)CC(N)=O)nc1. The smallest absolute Gasteiger partial charge is 0.292 e. The molecule has 1 saturated heterocycles. The summed E-state index contributed by atoms with van der Waals surface area (Å²) in [6, 6.07) is 0. The maximum Gasteiger partial charge on any atom is 0.292 e. The average Bonchev–Trinajstić information content (AvgIpc) is 2.89. The molecule has 1 aliphatic rings. The number of primary amides is 1.